The van der Waals surface area contributed by atoms with Crippen LogP contribution >= 0.6 is 0 Å². The molecule has 0 radical (unpaired) electrons. The van der Waals surface area contributed by atoms with Crippen LogP contribution in [0.15, 0.2) is 48.5 Å². The first kappa shape index (κ1) is 17.0. The second kappa shape index (κ2) is 7.83. The van der Waals surface area contributed by atoms with Crippen molar-refractivity contribution < 1.29 is 14.7 Å². The molecule has 5 heteroatoms. The fourth-order valence-corrected chi connectivity index (χ4v) is 3.01. The number of nitrogens with zero attached hydrogens (tertiary/aromatic N) is 1. The number of likely N-dealkylation sites (tertiary alicyclic amines) is 1. The Morgan fingerprint density at radius 3 is 2.36 bits per heavy atom. The van der Waals surface area contributed by atoms with Crippen molar-refractivity contribution in [2.75, 3.05) is 18.4 Å². The maximum atomic E-state index is 12.6. The molecule has 2 aromatic carbocycles. The van der Waals surface area contributed by atoms with Crippen molar-refractivity contribution >= 4 is 17.6 Å². The highest BCUT2D eigenvalue weighted by Crippen LogP contribution is 2.17. The number of nitrogens with one attached hydrogen (secondary N) is 1. The number of aromatic carboxylic acids is 1. The van der Waals surface area contributed by atoms with Gasteiger partial charge in [-0.25, -0.2) is 4.79 Å². The summed E-state index contributed by atoms with van der Waals surface area (Å²) in [4.78, 5) is 25.4. The number of carbonyl (C=O) groups excluding carboxylic acids is 1. The average molecular weight is 338 g/mol. The molecule has 0 spiro atoms. The van der Waals surface area contributed by atoms with Crippen molar-refractivity contribution in [3.05, 3.63) is 65.2 Å². The van der Waals surface area contributed by atoms with Gasteiger partial charge in [0.15, 0.2) is 0 Å². The van der Waals surface area contributed by atoms with Gasteiger partial charge in [-0.05, 0) is 55.2 Å². The predicted molar refractivity (Wildman–Crippen MR) is 96.9 cm³/mol. The van der Waals surface area contributed by atoms with Gasteiger partial charge in [0.1, 0.15) is 0 Å². The molecule has 1 amide bonds. The molecule has 0 aromatic heterocycles. The Balaban J connectivity index is 1.63. The van der Waals surface area contributed by atoms with E-state index in [4.69, 9.17) is 5.11 Å². The minimum Gasteiger partial charge on any atom is -0.478 e. The Morgan fingerprint density at radius 1 is 0.960 bits per heavy atom. The molecule has 2 aromatic rings. The van der Waals surface area contributed by atoms with Crippen molar-refractivity contribution in [3.63, 3.8) is 0 Å². The van der Waals surface area contributed by atoms with Gasteiger partial charge in [-0.3, -0.25) is 4.79 Å². The van der Waals surface area contributed by atoms with Crippen LogP contribution in [0.2, 0.25) is 0 Å². The van der Waals surface area contributed by atoms with E-state index in [1.807, 2.05) is 29.2 Å². The molecule has 0 atom stereocenters. The third-order valence-electron chi connectivity index (χ3n) is 4.45. The molecule has 0 aliphatic carbocycles. The van der Waals surface area contributed by atoms with Crippen LogP contribution in [-0.2, 0) is 6.54 Å². The molecule has 130 valence electrons. The van der Waals surface area contributed by atoms with E-state index in [0.717, 1.165) is 37.2 Å². The lowest BCUT2D eigenvalue weighted by Crippen LogP contribution is -2.35. The number of piperidine rings is 1. The summed E-state index contributed by atoms with van der Waals surface area (Å²) in [7, 11) is 0. The Labute approximate surface area is 147 Å². The van der Waals surface area contributed by atoms with Crippen molar-refractivity contribution in [1.29, 1.82) is 0 Å². The summed E-state index contributed by atoms with van der Waals surface area (Å²) in [6, 6.07) is 14.3. The van der Waals surface area contributed by atoms with Crippen LogP contribution in [-0.4, -0.2) is 35.0 Å². The molecular weight excluding hydrogens is 316 g/mol. The molecule has 0 saturated carbocycles. The van der Waals surface area contributed by atoms with Gasteiger partial charge >= 0.3 is 5.97 Å². The zero-order valence-corrected chi connectivity index (χ0v) is 14.1. The van der Waals surface area contributed by atoms with E-state index in [1.54, 1.807) is 24.3 Å². The summed E-state index contributed by atoms with van der Waals surface area (Å²) in [5.74, 6) is -0.836. The van der Waals surface area contributed by atoms with Gasteiger partial charge in [0.2, 0.25) is 0 Å². The number of carbonyl (C=O) groups is 2. The van der Waals surface area contributed by atoms with Crippen molar-refractivity contribution in [1.82, 2.24) is 4.90 Å². The largest absolute Gasteiger partial charge is 0.478 e. The van der Waals surface area contributed by atoms with Crippen molar-refractivity contribution in [2.24, 2.45) is 0 Å². The number of hydrogen-bond acceptors (Lipinski definition) is 3. The third kappa shape index (κ3) is 4.38. The van der Waals surface area contributed by atoms with Gasteiger partial charge in [0.25, 0.3) is 5.91 Å². The fourth-order valence-electron chi connectivity index (χ4n) is 3.01. The first-order valence-electron chi connectivity index (χ1n) is 8.59. The minimum absolute atomic E-state index is 0.0918. The van der Waals surface area contributed by atoms with E-state index in [2.05, 4.69) is 5.32 Å². The highest BCUT2D eigenvalue weighted by atomic mass is 16.4. The molecule has 3 rings (SSSR count). The fraction of sp³-hybridized carbons (Fsp3) is 0.300. The van der Waals surface area contributed by atoms with Crippen LogP contribution in [0.25, 0.3) is 0 Å². The zero-order chi connectivity index (χ0) is 17.6. The standard InChI is InChI=1S/C20H22N2O3/c23-19(22-11-2-1-3-12-22)17-5-4-6-18(13-17)21-14-15-7-9-16(10-8-15)20(24)25/h4-10,13,21H,1-3,11-12,14H2,(H,24,25). The number of carboxylic acids is 1. The summed E-state index contributed by atoms with van der Waals surface area (Å²) < 4.78 is 0. The first-order chi connectivity index (χ1) is 12.1. The molecule has 25 heavy (non-hydrogen) atoms. The topological polar surface area (TPSA) is 69.6 Å². The van der Waals surface area contributed by atoms with Crippen molar-refractivity contribution in [2.45, 2.75) is 25.8 Å². The van der Waals surface area contributed by atoms with E-state index in [9.17, 15) is 9.59 Å². The molecule has 1 aliphatic heterocycles. The van der Waals surface area contributed by atoms with Gasteiger partial charge in [-0.15, -0.1) is 0 Å². The summed E-state index contributed by atoms with van der Waals surface area (Å²) in [6.07, 6.45) is 3.36. The van der Waals surface area contributed by atoms with E-state index in [1.165, 1.54) is 6.42 Å². The Kier molecular flexibility index (Phi) is 5.33. The summed E-state index contributed by atoms with van der Waals surface area (Å²) in [6.45, 7) is 2.25. The van der Waals surface area contributed by atoms with Crippen LogP contribution in [0, 0.1) is 0 Å². The molecule has 2 N–H and O–H groups in total. The van der Waals surface area contributed by atoms with Crippen molar-refractivity contribution in [3.8, 4) is 0 Å². The SMILES string of the molecule is O=C(O)c1ccc(CNc2cccc(C(=O)N3CCCCC3)c2)cc1. The predicted octanol–water partition coefficient (Wildman–Crippen LogP) is 3.62. The first-order valence-corrected chi connectivity index (χ1v) is 8.59. The average Bonchev–Trinajstić information content (AvgIpc) is 2.67. The quantitative estimate of drug-likeness (QED) is 0.873. The lowest BCUT2D eigenvalue weighted by molar-refractivity contribution is 0.0694. The monoisotopic (exact) mass is 338 g/mol. The Morgan fingerprint density at radius 2 is 1.68 bits per heavy atom. The summed E-state index contributed by atoms with van der Waals surface area (Å²) >= 11 is 0. The Bertz CT molecular complexity index is 750. The number of benzene rings is 2. The molecule has 0 unspecified atom stereocenters. The number of hydrogen-bond donors (Lipinski definition) is 2. The molecule has 1 aliphatic rings. The van der Waals surface area contributed by atoms with Crippen LogP contribution in [0.3, 0.4) is 0 Å². The number of carboxylic acid groups (broad SMARTS) is 1. The molecule has 0 bridgehead atoms. The van der Waals surface area contributed by atoms with E-state index in [0.29, 0.717) is 12.1 Å². The lowest BCUT2D eigenvalue weighted by Gasteiger charge is -2.26. The zero-order valence-electron chi connectivity index (χ0n) is 14.1. The Hall–Kier alpha value is -2.82. The molecule has 1 heterocycles. The van der Waals surface area contributed by atoms with Gasteiger partial charge < -0.3 is 15.3 Å². The molecule has 5 nitrogen and oxygen atoms in total. The third-order valence-corrected chi connectivity index (χ3v) is 4.45. The van der Waals surface area contributed by atoms with Gasteiger partial charge in [0, 0.05) is 30.9 Å². The van der Waals surface area contributed by atoms with Crippen LogP contribution in [0.5, 0.6) is 0 Å². The minimum atomic E-state index is -0.927. The second-order valence-corrected chi connectivity index (χ2v) is 6.29. The lowest BCUT2D eigenvalue weighted by atomic mass is 10.1. The number of rotatable bonds is 5. The molecule has 1 saturated heterocycles. The van der Waals surface area contributed by atoms with Crippen LogP contribution < -0.4 is 5.32 Å². The second-order valence-electron chi connectivity index (χ2n) is 6.29. The number of anilines is 1. The highest BCUT2D eigenvalue weighted by Gasteiger charge is 2.18. The van der Waals surface area contributed by atoms with Gasteiger partial charge in [0.05, 0.1) is 5.56 Å². The maximum absolute atomic E-state index is 12.6. The normalized spacial score (nSPS) is 14.2. The van der Waals surface area contributed by atoms with Gasteiger partial charge in [-0.1, -0.05) is 18.2 Å². The molecule has 1 fully saturated rings. The van der Waals surface area contributed by atoms with E-state index in [-0.39, 0.29) is 11.5 Å². The summed E-state index contributed by atoms with van der Waals surface area (Å²) in [5.41, 5.74) is 2.84. The van der Waals surface area contributed by atoms with E-state index >= 15 is 0 Å². The highest BCUT2D eigenvalue weighted by molar-refractivity contribution is 5.95. The smallest absolute Gasteiger partial charge is 0.335 e. The van der Waals surface area contributed by atoms with Crippen LogP contribution in [0.1, 0.15) is 45.5 Å². The van der Waals surface area contributed by atoms with Gasteiger partial charge in [-0.2, -0.15) is 0 Å². The van der Waals surface area contributed by atoms with Crippen LogP contribution in [0.4, 0.5) is 5.69 Å². The maximum Gasteiger partial charge on any atom is 0.335 e. The van der Waals surface area contributed by atoms with E-state index < -0.39 is 5.97 Å². The summed E-state index contributed by atoms with van der Waals surface area (Å²) in [5, 5.41) is 12.2. The molecular formula is C20H22N2O3. The number of amides is 1.